The molecular formula is C36H49N2O3+. The maximum atomic E-state index is 6.00. The second kappa shape index (κ2) is 12.6. The third-order valence-corrected chi connectivity index (χ3v) is 8.25. The maximum absolute atomic E-state index is 6.00. The highest BCUT2D eigenvalue weighted by molar-refractivity contribution is 5.78. The fourth-order valence-corrected chi connectivity index (χ4v) is 6.72. The summed E-state index contributed by atoms with van der Waals surface area (Å²) >= 11 is 0. The first-order chi connectivity index (χ1) is 19.5. The van der Waals surface area contributed by atoms with Crippen molar-refractivity contribution in [3.8, 4) is 17.2 Å². The van der Waals surface area contributed by atoms with Gasteiger partial charge in [-0.3, -0.25) is 0 Å². The fourth-order valence-electron chi connectivity index (χ4n) is 6.72. The Hall–Kier alpha value is -3.44. The number of quaternary nitrogens is 1. The average molecular weight is 558 g/mol. The van der Waals surface area contributed by atoms with Crippen LogP contribution in [-0.4, -0.2) is 57.9 Å². The summed E-state index contributed by atoms with van der Waals surface area (Å²) in [7, 11) is 9.74. The lowest BCUT2D eigenvalue weighted by molar-refractivity contribution is -0.903. The molecule has 0 N–H and O–H groups in total. The highest BCUT2D eigenvalue weighted by Crippen LogP contribution is 2.53. The first kappa shape index (κ1) is 30.5. The van der Waals surface area contributed by atoms with Crippen LogP contribution >= 0.6 is 0 Å². The normalized spacial score (nSPS) is 14.8. The minimum Gasteiger partial charge on any atom is -0.493 e. The van der Waals surface area contributed by atoms with Gasteiger partial charge in [-0.15, -0.1) is 0 Å². The highest BCUT2D eigenvalue weighted by Gasteiger charge is 2.38. The predicted molar refractivity (Wildman–Crippen MR) is 170 cm³/mol. The number of nitrogens with zero attached hydrogens (tertiary/aromatic N) is 2. The minimum absolute atomic E-state index is 0.103. The van der Waals surface area contributed by atoms with Crippen molar-refractivity contribution < 1.29 is 18.7 Å². The quantitative estimate of drug-likeness (QED) is 0.170. The molecule has 0 fully saturated rings. The molecule has 0 saturated heterocycles. The zero-order valence-electron chi connectivity index (χ0n) is 26.7. The molecule has 1 unspecified atom stereocenters. The van der Waals surface area contributed by atoms with Crippen LogP contribution in [-0.2, 0) is 13.0 Å². The summed E-state index contributed by atoms with van der Waals surface area (Å²) in [6, 6.07) is 15.9. The Morgan fingerprint density at radius 2 is 1.29 bits per heavy atom. The second-order valence-corrected chi connectivity index (χ2v) is 12.5. The largest absolute Gasteiger partial charge is 0.493 e. The fraction of sp³-hybridized carbons (Fsp3) is 0.444. The SMILES string of the molecule is C=C1c2cc(OC)c(OC)c(OC)c2C(Cc2cc(C)cc(C)c2)N1CCCC[N+](C)(C)Cc1cc(C)cc(C)c1. The van der Waals surface area contributed by atoms with Crippen molar-refractivity contribution in [3.05, 3.63) is 93.6 Å². The molecule has 1 heterocycles. The summed E-state index contributed by atoms with van der Waals surface area (Å²) in [4.78, 5) is 2.48. The second-order valence-electron chi connectivity index (χ2n) is 12.5. The van der Waals surface area contributed by atoms with E-state index in [9.17, 15) is 0 Å². The van der Waals surface area contributed by atoms with Gasteiger partial charge in [-0.2, -0.15) is 0 Å². The molecule has 0 saturated carbocycles. The van der Waals surface area contributed by atoms with Gasteiger partial charge in [0.25, 0.3) is 0 Å². The van der Waals surface area contributed by atoms with Gasteiger partial charge in [-0.25, -0.2) is 0 Å². The number of rotatable bonds is 12. The monoisotopic (exact) mass is 557 g/mol. The van der Waals surface area contributed by atoms with Gasteiger partial charge >= 0.3 is 0 Å². The molecule has 0 radical (unpaired) electrons. The molecule has 4 rings (SSSR count). The van der Waals surface area contributed by atoms with Crippen LogP contribution in [0.15, 0.2) is 49.0 Å². The Labute approximate surface area is 247 Å². The third-order valence-electron chi connectivity index (χ3n) is 8.25. The van der Waals surface area contributed by atoms with E-state index in [2.05, 4.69) is 95.7 Å². The number of hydrogen-bond donors (Lipinski definition) is 0. The Kier molecular flexibility index (Phi) is 9.38. The lowest BCUT2D eigenvalue weighted by atomic mass is 9.94. The first-order valence-electron chi connectivity index (χ1n) is 14.7. The molecule has 1 atom stereocenters. The number of fused-ring (bicyclic) bond motifs is 1. The summed E-state index contributed by atoms with van der Waals surface area (Å²) in [5, 5.41) is 0. The number of aryl methyl sites for hydroxylation is 4. The van der Waals surface area contributed by atoms with E-state index < -0.39 is 0 Å². The molecule has 41 heavy (non-hydrogen) atoms. The van der Waals surface area contributed by atoms with E-state index in [1.807, 2.05) is 0 Å². The van der Waals surface area contributed by atoms with Crippen molar-refractivity contribution in [2.45, 2.75) is 59.5 Å². The standard InChI is InChI=1S/C36H49N2O3/c1-24-15-25(2)18-29(17-24)21-32-34-31(22-33(39-8)35(40-9)36(34)41-10)28(5)37(32)13-11-12-14-38(6,7)23-30-19-26(3)16-27(4)20-30/h15-20,22,32H,5,11-14,21,23H2,1-4,6-10H3/q+1. The molecular weight excluding hydrogens is 508 g/mol. The number of hydrogen-bond acceptors (Lipinski definition) is 4. The van der Waals surface area contributed by atoms with E-state index in [-0.39, 0.29) is 6.04 Å². The summed E-state index contributed by atoms with van der Waals surface area (Å²) in [6.45, 7) is 16.4. The van der Waals surface area contributed by atoms with Crippen LogP contribution in [0.5, 0.6) is 17.2 Å². The van der Waals surface area contributed by atoms with E-state index in [1.165, 1.54) is 33.4 Å². The van der Waals surface area contributed by atoms with Crippen LogP contribution in [0.4, 0.5) is 0 Å². The zero-order valence-corrected chi connectivity index (χ0v) is 26.7. The molecule has 0 spiro atoms. The number of unbranched alkanes of at least 4 members (excludes halogenated alkanes) is 1. The van der Waals surface area contributed by atoms with Gasteiger partial charge in [0.1, 0.15) is 6.54 Å². The van der Waals surface area contributed by atoms with Crippen LogP contribution < -0.4 is 14.2 Å². The highest BCUT2D eigenvalue weighted by atomic mass is 16.5. The van der Waals surface area contributed by atoms with Crippen molar-refractivity contribution in [3.63, 3.8) is 0 Å². The van der Waals surface area contributed by atoms with Crippen molar-refractivity contribution in [1.82, 2.24) is 4.90 Å². The van der Waals surface area contributed by atoms with E-state index in [0.29, 0.717) is 11.5 Å². The molecule has 220 valence electrons. The van der Waals surface area contributed by atoms with Crippen molar-refractivity contribution >= 4 is 5.70 Å². The molecule has 5 heteroatoms. The van der Waals surface area contributed by atoms with Crippen molar-refractivity contribution in [2.24, 2.45) is 0 Å². The summed E-state index contributed by atoms with van der Waals surface area (Å²) in [5.41, 5.74) is 11.2. The minimum atomic E-state index is 0.103. The van der Waals surface area contributed by atoms with Crippen LogP contribution in [0.2, 0.25) is 0 Å². The zero-order chi connectivity index (χ0) is 29.9. The van der Waals surface area contributed by atoms with E-state index in [4.69, 9.17) is 14.2 Å². The summed E-state index contributed by atoms with van der Waals surface area (Å²) in [5.74, 6) is 2.05. The molecule has 3 aromatic carbocycles. The Morgan fingerprint density at radius 1 is 0.732 bits per heavy atom. The van der Waals surface area contributed by atoms with E-state index in [0.717, 1.165) is 66.0 Å². The van der Waals surface area contributed by atoms with Gasteiger partial charge in [0, 0.05) is 28.9 Å². The Morgan fingerprint density at radius 3 is 1.83 bits per heavy atom. The van der Waals surface area contributed by atoms with Crippen molar-refractivity contribution in [2.75, 3.05) is 48.5 Å². The smallest absolute Gasteiger partial charge is 0.203 e. The lowest BCUT2D eigenvalue weighted by Crippen LogP contribution is -2.39. The molecule has 1 aliphatic rings. The average Bonchev–Trinajstić information content (AvgIpc) is 3.13. The van der Waals surface area contributed by atoms with Crippen LogP contribution in [0.1, 0.15) is 63.4 Å². The third kappa shape index (κ3) is 6.90. The molecule has 1 aliphatic heterocycles. The van der Waals surface area contributed by atoms with Gasteiger partial charge in [0.15, 0.2) is 11.5 Å². The molecule has 5 nitrogen and oxygen atoms in total. The molecule has 3 aromatic rings. The van der Waals surface area contributed by atoms with Crippen molar-refractivity contribution in [1.29, 1.82) is 0 Å². The van der Waals surface area contributed by atoms with Crippen LogP contribution in [0, 0.1) is 27.7 Å². The molecule has 0 amide bonds. The number of methoxy groups -OCH3 is 3. The maximum Gasteiger partial charge on any atom is 0.203 e. The van der Waals surface area contributed by atoms with E-state index in [1.54, 1.807) is 21.3 Å². The number of ether oxygens (including phenoxy) is 3. The molecule has 0 aromatic heterocycles. The van der Waals surface area contributed by atoms with Gasteiger partial charge < -0.3 is 23.6 Å². The van der Waals surface area contributed by atoms with Gasteiger partial charge in [-0.05, 0) is 58.6 Å². The topological polar surface area (TPSA) is 30.9 Å². The Balaban J connectivity index is 1.57. The molecule has 0 aliphatic carbocycles. The summed E-state index contributed by atoms with van der Waals surface area (Å²) in [6.07, 6.45) is 3.09. The lowest BCUT2D eigenvalue weighted by Gasteiger charge is -2.32. The molecule has 0 bridgehead atoms. The summed E-state index contributed by atoms with van der Waals surface area (Å²) < 4.78 is 18.5. The van der Waals surface area contributed by atoms with Crippen LogP contribution in [0.3, 0.4) is 0 Å². The van der Waals surface area contributed by atoms with Gasteiger partial charge in [-0.1, -0.05) is 65.2 Å². The number of benzene rings is 3. The first-order valence-corrected chi connectivity index (χ1v) is 14.7. The van der Waals surface area contributed by atoms with E-state index >= 15 is 0 Å². The Bertz CT molecular complexity index is 1370. The predicted octanol–water partition coefficient (Wildman–Crippen LogP) is 7.57. The van der Waals surface area contributed by atoms with Crippen LogP contribution in [0.25, 0.3) is 5.70 Å². The van der Waals surface area contributed by atoms with Gasteiger partial charge in [0.05, 0.1) is 48.0 Å². The van der Waals surface area contributed by atoms with Gasteiger partial charge in [0.2, 0.25) is 5.75 Å².